The Labute approximate surface area is 139 Å². The van der Waals surface area contributed by atoms with E-state index in [2.05, 4.69) is 0 Å². The summed E-state index contributed by atoms with van der Waals surface area (Å²) in [5, 5.41) is 9.20. The van der Waals surface area contributed by atoms with E-state index in [0.717, 1.165) is 6.42 Å². The average molecular weight is 355 g/mol. The highest BCUT2D eigenvalue weighted by atomic mass is 35.5. The van der Waals surface area contributed by atoms with E-state index in [1.165, 1.54) is 16.4 Å². The number of fused-ring (bicyclic) bond motifs is 1. The number of amides is 1. The van der Waals surface area contributed by atoms with Crippen LogP contribution in [0.3, 0.4) is 0 Å². The van der Waals surface area contributed by atoms with E-state index in [1.54, 1.807) is 23.7 Å². The molecule has 1 unspecified atom stereocenters. The number of hydrogen-bond acceptors (Lipinski definition) is 4. The molecule has 1 aromatic rings. The molecular weight excluding hydrogens is 340 g/mol. The summed E-state index contributed by atoms with van der Waals surface area (Å²) in [6, 6.07) is 3.80. The molecule has 0 aromatic heterocycles. The number of hydrogen-bond donors (Lipinski definition) is 2. The van der Waals surface area contributed by atoms with Crippen molar-refractivity contribution in [2.75, 3.05) is 0 Å². The van der Waals surface area contributed by atoms with Gasteiger partial charge in [-0.2, -0.15) is 0 Å². The van der Waals surface area contributed by atoms with Gasteiger partial charge in [0.1, 0.15) is 0 Å². The van der Waals surface area contributed by atoms with Gasteiger partial charge in [-0.15, -0.1) is 0 Å². The van der Waals surface area contributed by atoms with Gasteiger partial charge >= 0.3 is 0 Å². The topological polar surface area (TPSA) is 86.7 Å². The number of benzene rings is 1. The SMILES string of the molecule is O=C(CC1c2cc(Cl)ccc2S(=O)(=O)N1C1=CC=CCC1)NO. The van der Waals surface area contributed by atoms with E-state index in [-0.39, 0.29) is 11.3 Å². The van der Waals surface area contributed by atoms with Crippen molar-refractivity contribution in [1.29, 1.82) is 0 Å². The first-order valence-corrected chi connectivity index (χ1v) is 8.89. The molecule has 2 N–H and O–H groups in total. The fraction of sp³-hybridized carbons (Fsp3) is 0.267. The van der Waals surface area contributed by atoms with Crippen LogP contribution in [0.1, 0.15) is 30.9 Å². The van der Waals surface area contributed by atoms with E-state index < -0.39 is 22.0 Å². The number of allylic oxidation sites excluding steroid dienone is 4. The zero-order chi connectivity index (χ0) is 16.6. The minimum absolute atomic E-state index is 0.146. The van der Waals surface area contributed by atoms with Crippen molar-refractivity contribution in [3.05, 3.63) is 52.7 Å². The quantitative estimate of drug-likeness (QED) is 0.645. The molecule has 1 amide bonds. The molecule has 0 fully saturated rings. The molecule has 0 spiro atoms. The monoisotopic (exact) mass is 354 g/mol. The molecule has 1 aliphatic heterocycles. The van der Waals surface area contributed by atoms with Crippen molar-refractivity contribution >= 4 is 27.5 Å². The molecule has 1 aromatic carbocycles. The maximum atomic E-state index is 12.9. The second-order valence-corrected chi connectivity index (χ2v) is 7.58. The first-order valence-electron chi connectivity index (χ1n) is 7.07. The Morgan fingerprint density at radius 1 is 1.43 bits per heavy atom. The second kappa shape index (κ2) is 5.99. The Morgan fingerprint density at radius 2 is 2.22 bits per heavy atom. The first kappa shape index (κ1) is 16.0. The third kappa shape index (κ3) is 2.75. The standard InChI is InChI=1S/C15H15ClN2O4S/c16-10-6-7-14-12(8-10)13(9-15(19)17-20)18(23(14,21)22)11-4-2-1-3-5-11/h1-2,4,6-8,13,20H,3,5,9H2,(H,17,19). The first-order chi connectivity index (χ1) is 10.9. The predicted molar refractivity (Wildman–Crippen MR) is 84.2 cm³/mol. The number of nitrogens with zero attached hydrogens (tertiary/aromatic N) is 1. The van der Waals surface area contributed by atoms with Crippen molar-refractivity contribution in [3.63, 3.8) is 0 Å². The minimum atomic E-state index is -3.75. The lowest BCUT2D eigenvalue weighted by atomic mass is 10.0. The van der Waals surface area contributed by atoms with Crippen LogP contribution in [-0.2, 0) is 14.8 Å². The van der Waals surface area contributed by atoms with Gasteiger partial charge in [0.25, 0.3) is 10.0 Å². The van der Waals surface area contributed by atoms with Gasteiger partial charge in [0.2, 0.25) is 5.91 Å². The largest absolute Gasteiger partial charge is 0.289 e. The molecule has 122 valence electrons. The van der Waals surface area contributed by atoms with Crippen molar-refractivity contribution in [2.45, 2.75) is 30.2 Å². The van der Waals surface area contributed by atoms with Crippen LogP contribution >= 0.6 is 11.6 Å². The highest BCUT2D eigenvalue weighted by Gasteiger charge is 2.44. The van der Waals surface area contributed by atoms with Gasteiger partial charge in [-0.25, -0.2) is 13.9 Å². The number of hydroxylamine groups is 1. The molecular formula is C15H15ClN2O4S. The van der Waals surface area contributed by atoms with Gasteiger partial charge in [0, 0.05) is 10.7 Å². The van der Waals surface area contributed by atoms with Gasteiger partial charge in [-0.3, -0.25) is 14.3 Å². The average Bonchev–Trinajstić information content (AvgIpc) is 2.75. The normalized spacial score (nSPS) is 21.7. The summed E-state index contributed by atoms with van der Waals surface area (Å²) in [6.45, 7) is 0. The minimum Gasteiger partial charge on any atom is -0.289 e. The molecule has 0 saturated heterocycles. The molecule has 0 saturated carbocycles. The van der Waals surface area contributed by atoms with Crippen molar-refractivity contribution < 1.29 is 18.4 Å². The molecule has 6 nitrogen and oxygen atoms in total. The molecule has 2 aliphatic rings. The lowest BCUT2D eigenvalue weighted by molar-refractivity contribution is -0.130. The number of halogens is 1. The van der Waals surface area contributed by atoms with Crippen LogP contribution in [-0.4, -0.2) is 23.8 Å². The maximum absolute atomic E-state index is 12.9. The molecule has 0 radical (unpaired) electrons. The zero-order valence-electron chi connectivity index (χ0n) is 12.1. The van der Waals surface area contributed by atoms with Gasteiger partial charge in [0.15, 0.2) is 0 Å². The van der Waals surface area contributed by atoms with Crippen molar-refractivity contribution in [1.82, 2.24) is 9.79 Å². The van der Waals surface area contributed by atoms with Crippen LogP contribution < -0.4 is 5.48 Å². The summed E-state index contributed by atoms with van der Waals surface area (Å²) in [6.07, 6.45) is 6.59. The lowest BCUT2D eigenvalue weighted by Gasteiger charge is -2.28. The Bertz CT molecular complexity index is 817. The molecule has 23 heavy (non-hydrogen) atoms. The molecule has 3 rings (SSSR count). The van der Waals surface area contributed by atoms with E-state index in [1.807, 2.05) is 6.08 Å². The third-order valence-electron chi connectivity index (χ3n) is 3.93. The highest BCUT2D eigenvalue weighted by molar-refractivity contribution is 7.89. The molecule has 1 aliphatic carbocycles. The van der Waals surface area contributed by atoms with Crippen LogP contribution in [0.25, 0.3) is 0 Å². The fourth-order valence-corrected chi connectivity index (χ4v) is 5.07. The Hall–Kier alpha value is -1.83. The maximum Gasteiger partial charge on any atom is 0.264 e. The Kier molecular flexibility index (Phi) is 4.18. The number of nitrogens with one attached hydrogen (secondary N) is 1. The summed E-state index contributed by atoms with van der Waals surface area (Å²) >= 11 is 6.00. The molecule has 8 heteroatoms. The molecule has 0 bridgehead atoms. The fourth-order valence-electron chi connectivity index (χ4n) is 2.96. The van der Waals surface area contributed by atoms with Crippen LogP contribution in [0.15, 0.2) is 47.0 Å². The Balaban J connectivity index is 2.14. The van der Waals surface area contributed by atoms with E-state index in [9.17, 15) is 13.2 Å². The van der Waals surface area contributed by atoms with Gasteiger partial charge < -0.3 is 0 Å². The van der Waals surface area contributed by atoms with Crippen LogP contribution in [0.2, 0.25) is 5.02 Å². The number of carbonyl (C=O) groups is 1. The van der Waals surface area contributed by atoms with Crippen molar-refractivity contribution in [3.8, 4) is 0 Å². The van der Waals surface area contributed by atoms with Crippen LogP contribution in [0.5, 0.6) is 0 Å². The predicted octanol–water partition coefficient (Wildman–Crippen LogP) is 2.51. The van der Waals surface area contributed by atoms with Crippen LogP contribution in [0.4, 0.5) is 0 Å². The second-order valence-electron chi connectivity index (χ2n) is 5.36. The smallest absolute Gasteiger partial charge is 0.264 e. The zero-order valence-corrected chi connectivity index (χ0v) is 13.6. The number of carbonyl (C=O) groups excluding carboxylic acids is 1. The van der Waals surface area contributed by atoms with Crippen LogP contribution in [0, 0.1) is 0 Å². The lowest BCUT2D eigenvalue weighted by Crippen LogP contribution is -2.32. The number of sulfonamides is 1. The van der Waals surface area contributed by atoms with Crippen molar-refractivity contribution in [2.24, 2.45) is 0 Å². The Morgan fingerprint density at radius 3 is 2.87 bits per heavy atom. The summed E-state index contributed by atoms with van der Waals surface area (Å²) in [5.74, 6) is -0.657. The van der Waals surface area contributed by atoms with Gasteiger partial charge in [-0.05, 0) is 42.7 Å². The summed E-state index contributed by atoms with van der Waals surface area (Å²) in [7, 11) is -3.75. The highest BCUT2D eigenvalue weighted by Crippen LogP contribution is 2.45. The van der Waals surface area contributed by atoms with Gasteiger partial charge in [-0.1, -0.05) is 23.8 Å². The summed E-state index contributed by atoms with van der Waals surface area (Å²) < 4.78 is 27.1. The van der Waals surface area contributed by atoms with E-state index in [0.29, 0.717) is 22.7 Å². The summed E-state index contributed by atoms with van der Waals surface area (Å²) in [5.41, 5.74) is 2.65. The molecule has 1 atom stereocenters. The summed E-state index contributed by atoms with van der Waals surface area (Å²) in [4.78, 5) is 11.8. The molecule has 1 heterocycles. The van der Waals surface area contributed by atoms with E-state index >= 15 is 0 Å². The van der Waals surface area contributed by atoms with Gasteiger partial charge in [0.05, 0.1) is 17.4 Å². The van der Waals surface area contributed by atoms with E-state index in [4.69, 9.17) is 16.8 Å². The number of rotatable bonds is 3. The third-order valence-corrected chi connectivity index (χ3v) is 6.10.